The van der Waals surface area contributed by atoms with Crippen molar-refractivity contribution in [3.8, 4) is 5.75 Å². The van der Waals surface area contributed by atoms with Crippen molar-refractivity contribution >= 4 is 0 Å². The molecule has 0 spiro atoms. The Balaban J connectivity index is 1.64. The quantitative estimate of drug-likeness (QED) is 0.573. The summed E-state index contributed by atoms with van der Waals surface area (Å²) in [6, 6.07) is 10.7. The lowest BCUT2D eigenvalue weighted by molar-refractivity contribution is 0.0321. The fourth-order valence-corrected chi connectivity index (χ4v) is 4.33. The number of nitrogens with zero attached hydrogens (tertiary/aromatic N) is 2. The number of morpholine rings is 1. The number of hydrogen-bond acceptors (Lipinski definition) is 4. The van der Waals surface area contributed by atoms with Gasteiger partial charge < -0.3 is 9.47 Å². The summed E-state index contributed by atoms with van der Waals surface area (Å²) in [6.45, 7) is 16.8. The van der Waals surface area contributed by atoms with Crippen LogP contribution in [0.15, 0.2) is 42.7 Å². The molecule has 2 aromatic rings. The van der Waals surface area contributed by atoms with E-state index in [2.05, 4.69) is 74.8 Å². The van der Waals surface area contributed by atoms with Gasteiger partial charge in [-0.3, -0.25) is 9.88 Å². The van der Waals surface area contributed by atoms with E-state index in [1.807, 2.05) is 12.4 Å². The van der Waals surface area contributed by atoms with E-state index < -0.39 is 0 Å². The van der Waals surface area contributed by atoms with Gasteiger partial charge in [0.1, 0.15) is 12.4 Å². The second-order valence-corrected chi connectivity index (χ2v) is 9.76. The Hall–Kier alpha value is -1.91. The highest BCUT2D eigenvalue weighted by Gasteiger charge is 2.30. The third-order valence-electron chi connectivity index (χ3n) is 6.53. The van der Waals surface area contributed by atoms with E-state index in [1.54, 1.807) is 0 Å². The van der Waals surface area contributed by atoms with Crippen LogP contribution >= 0.6 is 0 Å². The third-order valence-corrected chi connectivity index (χ3v) is 6.53. The topological polar surface area (TPSA) is 34.6 Å². The maximum absolute atomic E-state index is 6.27. The first-order valence-electron chi connectivity index (χ1n) is 11.2. The van der Waals surface area contributed by atoms with Gasteiger partial charge in [0, 0.05) is 32.0 Å². The highest BCUT2D eigenvalue weighted by molar-refractivity contribution is 5.39. The lowest BCUT2D eigenvalue weighted by Crippen LogP contribution is -2.38. The lowest BCUT2D eigenvalue weighted by atomic mass is 9.72. The normalized spacial score (nSPS) is 15.9. The van der Waals surface area contributed by atoms with Crippen molar-refractivity contribution in [2.24, 2.45) is 0 Å². The minimum Gasteiger partial charge on any atom is -0.492 e. The third kappa shape index (κ3) is 5.83. The molecule has 0 atom stereocenters. The minimum atomic E-state index is 0.0307. The van der Waals surface area contributed by atoms with Crippen molar-refractivity contribution in [2.45, 2.75) is 58.3 Å². The fourth-order valence-electron chi connectivity index (χ4n) is 4.33. The molecule has 1 aromatic heterocycles. The van der Waals surface area contributed by atoms with E-state index in [9.17, 15) is 0 Å². The standard InChI is InChI=1S/C26H38N2O2/c1-21-10-13-27-20-23(21)26(4,5)12-11-25(2,3)22-8-6-7-9-24(22)30-19-16-28-14-17-29-18-15-28/h6-10,13,20H,11-12,14-19H2,1-5H3. The fraction of sp³-hybridized carbons (Fsp3) is 0.577. The second-order valence-electron chi connectivity index (χ2n) is 9.76. The number of para-hydroxylation sites is 1. The molecule has 164 valence electrons. The number of ether oxygens (including phenoxy) is 2. The Kier molecular flexibility index (Phi) is 7.54. The summed E-state index contributed by atoms with van der Waals surface area (Å²) in [6.07, 6.45) is 6.08. The monoisotopic (exact) mass is 410 g/mol. The number of pyridine rings is 1. The summed E-state index contributed by atoms with van der Waals surface area (Å²) in [5.74, 6) is 1.02. The molecule has 0 saturated carbocycles. The molecule has 4 heteroatoms. The van der Waals surface area contributed by atoms with Crippen LogP contribution in [0.3, 0.4) is 0 Å². The molecule has 30 heavy (non-hydrogen) atoms. The van der Waals surface area contributed by atoms with Gasteiger partial charge in [-0.15, -0.1) is 0 Å². The van der Waals surface area contributed by atoms with Crippen LogP contribution in [0, 0.1) is 6.92 Å². The first kappa shape index (κ1) is 22.8. The van der Waals surface area contributed by atoms with Gasteiger partial charge in [0.15, 0.2) is 0 Å². The van der Waals surface area contributed by atoms with Gasteiger partial charge in [-0.2, -0.15) is 0 Å². The Labute approximate surface area is 182 Å². The van der Waals surface area contributed by atoms with E-state index in [-0.39, 0.29) is 10.8 Å². The van der Waals surface area contributed by atoms with Crippen LogP contribution in [0.25, 0.3) is 0 Å². The van der Waals surface area contributed by atoms with E-state index >= 15 is 0 Å². The Morgan fingerprint density at radius 2 is 1.63 bits per heavy atom. The molecule has 2 heterocycles. The Morgan fingerprint density at radius 1 is 0.967 bits per heavy atom. The average molecular weight is 411 g/mol. The largest absolute Gasteiger partial charge is 0.492 e. The van der Waals surface area contributed by atoms with Crippen LogP contribution in [0.4, 0.5) is 0 Å². The van der Waals surface area contributed by atoms with Gasteiger partial charge in [0.25, 0.3) is 0 Å². The van der Waals surface area contributed by atoms with Crippen LogP contribution in [0.5, 0.6) is 5.75 Å². The number of rotatable bonds is 9. The average Bonchev–Trinajstić information content (AvgIpc) is 2.74. The van der Waals surface area contributed by atoms with Crippen molar-refractivity contribution in [2.75, 3.05) is 39.5 Å². The van der Waals surface area contributed by atoms with Crippen molar-refractivity contribution < 1.29 is 9.47 Å². The van der Waals surface area contributed by atoms with Crippen LogP contribution in [0.1, 0.15) is 57.2 Å². The Morgan fingerprint density at radius 3 is 2.33 bits per heavy atom. The lowest BCUT2D eigenvalue weighted by Gasteiger charge is -2.33. The molecule has 0 unspecified atom stereocenters. The minimum absolute atomic E-state index is 0.0307. The van der Waals surface area contributed by atoms with E-state index in [0.717, 1.165) is 51.4 Å². The maximum atomic E-state index is 6.27. The van der Waals surface area contributed by atoms with Crippen LogP contribution in [-0.4, -0.2) is 49.3 Å². The van der Waals surface area contributed by atoms with Gasteiger partial charge >= 0.3 is 0 Å². The molecular weight excluding hydrogens is 372 g/mol. The van der Waals surface area contributed by atoms with Gasteiger partial charge in [-0.1, -0.05) is 45.9 Å². The summed E-state index contributed by atoms with van der Waals surface area (Å²) < 4.78 is 11.7. The van der Waals surface area contributed by atoms with Crippen LogP contribution < -0.4 is 4.74 Å². The summed E-state index contributed by atoms with van der Waals surface area (Å²) >= 11 is 0. The molecule has 0 aliphatic carbocycles. The summed E-state index contributed by atoms with van der Waals surface area (Å²) in [5.41, 5.74) is 4.08. The molecular formula is C26H38N2O2. The SMILES string of the molecule is Cc1ccncc1C(C)(C)CCC(C)(C)c1ccccc1OCCN1CCOCC1. The molecule has 3 rings (SSSR count). The van der Waals surface area contributed by atoms with Gasteiger partial charge in [0.05, 0.1) is 13.2 Å². The van der Waals surface area contributed by atoms with E-state index in [0.29, 0.717) is 6.61 Å². The highest BCUT2D eigenvalue weighted by atomic mass is 16.5. The zero-order chi connectivity index (χ0) is 21.6. The van der Waals surface area contributed by atoms with Gasteiger partial charge in [-0.25, -0.2) is 0 Å². The molecule has 1 saturated heterocycles. The molecule has 1 fully saturated rings. The summed E-state index contributed by atoms with van der Waals surface area (Å²) in [5, 5.41) is 0. The van der Waals surface area contributed by atoms with Crippen molar-refractivity contribution in [3.05, 3.63) is 59.4 Å². The highest BCUT2D eigenvalue weighted by Crippen LogP contribution is 2.39. The molecule has 1 aromatic carbocycles. The Bertz CT molecular complexity index is 810. The summed E-state index contributed by atoms with van der Waals surface area (Å²) in [7, 11) is 0. The van der Waals surface area contributed by atoms with Gasteiger partial charge in [0.2, 0.25) is 0 Å². The zero-order valence-corrected chi connectivity index (χ0v) is 19.4. The predicted molar refractivity (Wildman–Crippen MR) is 123 cm³/mol. The number of hydrogen-bond donors (Lipinski definition) is 0. The zero-order valence-electron chi connectivity index (χ0n) is 19.4. The first-order chi connectivity index (χ1) is 14.3. The van der Waals surface area contributed by atoms with Crippen LogP contribution in [-0.2, 0) is 15.6 Å². The molecule has 0 N–H and O–H groups in total. The number of aryl methyl sites for hydroxylation is 1. The van der Waals surface area contributed by atoms with Crippen molar-refractivity contribution in [1.29, 1.82) is 0 Å². The van der Waals surface area contributed by atoms with Gasteiger partial charge in [-0.05, 0) is 59.4 Å². The maximum Gasteiger partial charge on any atom is 0.123 e. The summed E-state index contributed by atoms with van der Waals surface area (Å²) in [4.78, 5) is 6.78. The molecule has 0 bridgehead atoms. The predicted octanol–water partition coefficient (Wildman–Crippen LogP) is 5.14. The molecule has 1 aliphatic rings. The van der Waals surface area contributed by atoms with Crippen LogP contribution in [0.2, 0.25) is 0 Å². The first-order valence-corrected chi connectivity index (χ1v) is 11.2. The number of benzene rings is 1. The van der Waals surface area contributed by atoms with E-state index in [4.69, 9.17) is 9.47 Å². The molecule has 0 radical (unpaired) electrons. The smallest absolute Gasteiger partial charge is 0.123 e. The molecule has 4 nitrogen and oxygen atoms in total. The molecule has 1 aliphatic heterocycles. The van der Waals surface area contributed by atoms with Crippen molar-refractivity contribution in [1.82, 2.24) is 9.88 Å². The number of aromatic nitrogens is 1. The molecule has 0 amide bonds. The van der Waals surface area contributed by atoms with Crippen molar-refractivity contribution in [3.63, 3.8) is 0 Å². The van der Waals surface area contributed by atoms with E-state index in [1.165, 1.54) is 16.7 Å². The second kappa shape index (κ2) is 9.93.